The number of rotatable bonds is 4. The molecule has 0 radical (unpaired) electrons. The summed E-state index contributed by atoms with van der Waals surface area (Å²) in [7, 11) is 0. The van der Waals surface area contributed by atoms with Crippen molar-refractivity contribution in [1.82, 2.24) is 9.88 Å². The molecule has 21 heavy (non-hydrogen) atoms. The van der Waals surface area contributed by atoms with Crippen LogP contribution < -0.4 is 5.32 Å². The number of nitrogens with one attached hydrogen (secondary N) is 1. The molecule has 1 aromatic rings. The summed E-state index contributed by atoms with van der Waals surface area (Å²) in [4.78, 5) is 18.8. The number of halogens is 1. The van der Waals surface area contributed by atoms with Gasteiger partial charge >= 0.3 is 0 Å². The molecule has 1 unspecified atom stereocenters. The predicted molar refractivity (Wildman–Crippen MR) is 83.8 cm³/mol. The van der Waals surface area contributed by atoms with Crippen molar-refractivity contribution in [3.63, 3.8) is 0 Å². The summed E-state index contributed by atoms with van der Waals surface area (Å²) in [6.07, 6.45) is 3.89. The topological polar surface area (TPSA) is 65.5 Å². The molecule has 1 aliphatic heterocycles. The van der Waals surface area contributed by atoms with Crippen LogP contribution in [0.3, 0.4) is 0 Å². The van der Waals surface area contributed by atoms with Gasteiger partial charge in [0, 0.05) is 13.1 Å². The quantitative estimate of drug-likeness (QED) is 0.897. The number of aliphatic hydroxyl groups excluding tert-OH is 1. The zero-order chi connectivity index (χ0) is 15.2. The van der Waals surface area contributed by atoms with Gasteiger partial charge in [-0.25, -0.2) is 4.98 Å². The molecular weight excluding hydrogens is 290 g/mol. The highest BCUT2D eigenvalue weighted by Crippen LogP contribution is 2.23. The van der Waals surface area contributed by atoms with Crippen molar-refractivity contribution in [1.29, 1.82) is 0 Å². The van der Waals surface area contributed by atoms with Gasteiger partial charge in [0.25, 0.3) is 5.91 Å². The van der Waals surface area contributed by atoms with E-state index < -0.39 is 0 Å². The van der Waals surface area contributed by atoms with Gasteiger partial charge in [0.15, 0.2) is 0 Å². The Morgan fingerprint density at radius 3 is 3.00 bits per heavy atom. The minimum atomic E-state index is -0.194. The van der Waals surface area contributed by atoms with E-state index in [1.165, 1.54) is 0 Å². The molecule has 1 fully saturated rings. The van der Waals surface area contributed by atoms with Crippen LogP contribution in [-0.2, 0) is 0 Å². The van der Waals surface area contributed by atoms with Crippen LogP contribution in [0.15, 0.2) is 12.1 Å². The van der Waals surface area contributed by atoms with Crippen molar-refractivity contribution in [3.05, 3.63) is 22.8 Å². The highest BCUT2D eigenvalue weighted by molar-refractivity contribution is 6.33. The molecule has 2 N–H and O–H groups in total. The number of likely N-dealkylation sites (tertiary alicyclic amines) is 1. The Morgan fingerprint density at radius 2 is 2.29 bits per heavy atom. The number of aromatic nitrogens is 1. The maximum atomic E-state index is 12.7. The monoisotopic (exact) mass is 311 g/mol. The number of aliphatic hydroxyl groups is 1. The van der Waals surface area contributed by atoms with Crippen molar-refractivity contribution in [3.8, 4) is 0 Å². The van der Waals surface area contributed by atoms with Gasteiger partial charge in [-0.3, -0.25) is 4.79 Å². The van der Waals surface area contributed by atoms with Gasteiger partial charge in [-0.1, -0.05) is 24.4 Å². The number of nitrogens with zero attached hydrogens (tertiary/aromatic N) is 2. The molecule has 0 bridgehead atoms. The average molecular weight is 312 g/mol. The van der Waals surface area contributed by atoms with E-state index >= 15 is 0 Å². The van der Waals surface area contributed by atoms with E-state index in [2.05, 4.69) is 10.3 Å². The second-order valence-corrected chi connectivity index (χ2v) is 5.65. The van der Waals surface area contributed by atoms with E-state index in [0.29, 0.717) is 17.4 Å². The molecule has 2 rings (SSSR count). The minimum Gasteiger partial charge on any atom is -0.394 e. The maximum absolute atomic E-state index is 12.7. The van der Waals surface area contributed by atoms with Crippen LogP contribution in [-0.4, -0.2) is 46.6 Å². The second kappa shape index (κ2) is 7.61. The number of hydrogen-bond acceptors (Lipinski definition) is 4. The third-order valence-electron chi connectivity index (χ3n) is 3.76. The first-order valence-electron chi connectivity index (χ1n) is 7.49. The molecule has 0 saturated carbocycles. The molecule has 1 atom stereocenters. The summed E-state index contributed by atoms with van der Waals surface area (Å²) < 4.78 is 0. The first-order valence-corrected chi connectivity index (χ1v) is 7.87. The number of amides is 1. The number of carbonyl (C=O) groups is 1. The van der Waals surface area contributed by atoms with E-state index in [1.54, 1.807) is 17.0 Å². The van der Waals surface area contributed by atoms with E-state index in [4.69, 9.17) is 11.6 Å². The Balaban J connectivity index is 2.26. The SMILES string of the molecule is CCNc1ccc(Cl)c(C(=O)N2CCCCCC2CO)n1. The first-order chi connectivity index (χ1) is 10.2. The zero-order valence-electron chi connectivity index (χ0n) is 12.3. The summed E-state index contributed by atoms with van der Waals surface area (Å²) in [5.74, 6) is 0.446. The van der Waals surface area contributed by atoms with Crippen LogP contribution >= 0.6 is 11.6 Å². The normalized spacial score (nSPS) is 19.2. The summed E-state index contributed by atoms with van der Waals surface area (Å²) in [6, 6.07) is 3.31. The fourth-order valence-electron chi connectivity index (χ4n) is 2.64. The molecular formula is C15H22ClN3O2. The lowest BCUT2D eigenvalue weighted by molar-refractivity contribution is 0.0594. The molecule has 116 valence electrons. The predicted octanol–water partition coefficient (Wildman–Crippen LogP) is 2.54. The lowest BCUT2D eigenvalue weighted by Gasteiger charge is -2.28. The fraction of sp³-hybridized carbons (Fsp3) is 0.600. The summed E-state index contributed by atoms with van der Waals surface area (Å²) >= 11 is 6.14. The molecule has 1 saturated heterocycles. The van der Waals surface area contributed by atoms with E-state index in [1.807, 2.05) is 6.92 Å². The molecule has 2 heterocycles. The second-order valence-electron chi connectivity index (χ2n) is 5.24. The Morgan fingerprint density at radius 1 is 1.48 bits per heavy atom. The molecule has 0 aliphatic carbocycles. The van der Waals surface area contributed by atoms with Crippen molar-refractivity contribution in [2.24, 2.45) is 0 Å². The standard InChI is InChI=1S/C15H22ClN3O2/c1-2-17-13-8-7-12(16)14(18-13)15(21)19-9-5-3-4-6-11(19)10-20/h7-8,11,20H,2-6,9-10H2,1H3,(H,17,18). The Hall–Kier alpha value is -1.33. The molecule has 0 aromatic carbocycles. The summed E-state index contributed by atoms with van der Waals surface area (Å²) in [6.45, 7) is 3.32. The number of pyridine rings is 1. The lowest BCUT2D eigenvalue weighted by atomic mass is 10.1. The van der Waals surface area contributed by atoms with Gasteiger partial charge in [-0.05, 0) is 31.9 Å². The van der Waals surface area contributed by atoms with Crippen LogP contribution in [0, 0.1) is 0 Å². The Kier molecular flexibility index (Phi) is 5.82. The van der Waals surface area contributed by atoms with Gasteiger partial charge in [-0.2, -0.15) is 0 Å². The van der Waals surface area contributed by atoms with Crippen LogP contribution in [0.25, 0.3) is 0 Å². The highest BCUT2D eigenvalue weighted by atomic mass is 35.5. The minimum absolute atomic E-state index is 0.0176. The van der Waals surface area contributed by atoms with E-state index in [0.717, 1.165) is 32.2 Å². The van der Waals surface area contributed by atoms with Crippen LogP contribution in [0.5, 0.6) is 0 Å². The summed E-state index contributed by atoms with van der Waals surface area (Å²) in [5.41, 5.74) is 0.260. The van der Waals surface area contributed by atoms with Crippen molar-refractivity contribution in [2.45, 2.75) is 38.6 Å². The largest absolute Gasteiger partial charge is 0.394 e. The van der Waals surface area contributed by atoms with Gasteiger partial charge in [0.05, 0.1) is 17.7 Å². The fourth-order valence-corrected chi connectivity index (χ4v) is 2.83. The Bertz CT molecular complexity index is 496. The number of anilines is 1. The van der Waals surface area contributed by atoms with Gasteiger partial charge < -0.3 is 15.3 Å². The first kappa shape index (κ1) is 16.0. The molecule has 1 aromatic heterocycles. The Labute approximate surface area is 130 Å². The van der Waals surface area contributed by atoms with E-state index in [-0.39, 0.29) is 24.2 Å². The number of hydrogen-bond donors (Lipinski definition) is 2. The highest BCUT2D eigenvalue weighted by Gasteiger charge is 2.28. The van der Waals surface area contributed by atoms with Crippen LogP contribution in [0.2, 0.25) is 5.02 Å². The van der Waals surface area contributed by atoms with Gasteiger partial charge in [-0.15, -0.1) is 0 Å². The third-order valence-corrected chi connectivity index (χ3v) is 4.06. The average Bonchev–Trinajstić information content (AvgIpc) is 2.74. The zero-order valence-corrected chi connectivity index (χ0v) is 13.1. The molecule has 1 aliphatic rings. The van der Waals surface area contributed by atoms with Gasteiger partial charge in [0.2, 0.25) is 0 Å². The molecule has 0 spiro atoms. The van der Waals surface area contributed by atoms with Crippen LogP contribution in [0.4, 0.5) is 5.82 Å². The summed E-state index contributed by atoms with van der Waals surface area (Å²) in [5, 5.41) is 13.0. The van der Waals surface area contributed by atoms with E-state index in [9.17, 15) is 9.90 Å². The molecule has 1 amide bonds. The molecule has 5 nitrogen and oxygen atoms in total. The van der Waals surface area contributed by atoms with Crippen molar-refractivity contribution >= 4 is 23.3 Å². The smallest absolute Gasteiger partial charge is 0.274 e. The van der Waals surface area contributed by atoms with Crippen molar-refractivity contribution < 1.29 is 9.90 Å². The molecule has 6 heteroatoms. The third kappa shape index (κ3) is 3.86. The maximum Gasteiger partial charge on any atom is 0.274 e. The van der Waals surface area contributed by atoms with Gasteiger partial charge in [0.1, 0.15) is 11.5 Å². The van der Waals surface area contributed by atoms with Crippen molar-refractivity contribution in [2.75, 3.05) is 25.0 Å². The lowest BCUT2D eigenvalue weighted by Crippen LogP contribution is -2.42. The van der Waals surface area contributed by atoms with Crippen LogP contribution in [0.1, 0.15) is 43.1 Å². The number of carbonyl (C=O) groups excluding carboxylic acids is 1.